The minimum Gasteiger partial charge on any atom is -0.340 e. The molecule has 0 atom stereocenters. The highest BCUT2D eigenvalue weighted by Gasteiger charge is 1.92. The molecule has 0 rings (SSSR count). The lowest BCUT2D eigenvalue weighted by Crippen LogP contribution is -2.33. The molecule has 15 heavy (non-hydrogen) atoms. The molecule has 0 aromatic rings. The van der Waals surface area contributed by atoms with E-state index in [1.807, 2.05) is 0 Å². The number of carbonyl (C=O) groups is 1. The molecule has 0 bridgehead atoms. The topological polar surface area (TPSA) is 41.1 Å². The summed E-state index contributed by atoms with van der Waals surface area (Å²) >= 11 is 0. The molecule has 0 fully saturated rings. The van der Waals surface area contributed by atoms with Gasteiger partial charge in [-0.05, 0) is 19.0 Å². The van der Waals surface area contributed by atoms with Crippen LogP contribution in [0.5, 0.6) is 0 Å². The Kier molecular flexibility index (Phi) is 10.6. The quantitative estimate of drug-likeness (QED) is 0.331. The molecule has 88 valence electrons. The highest BCUT2D eigenvalue weighted by atomic mass is 16.1. The Hall–Kier alpha value is -0.830. The van der Waals surface area contributed by atoms with Crippen molar-refractivity contribution in [1.82, 2.24) is 10.6 Å². The van der Waals surface area contributed by atoms with Crippen molar-refractivity contribution in [3.05, 3.63) is 12.7 Å². The summed E-state index contributed by atoms with van der Waals surface area (Å²) in [5, 5.41) is 5.84. The van der Waals surface area contributed by atoms with Crippen molar-refractivity contribution >= 4 is 5.91 Å². The predicted molar refractivity (Wildman–Crippen MR) is 64.6 cm³/mol. The lowest BCUT2D eigenvalue weighted by molar-refractivity contribution is -0.116. The number of amides is 1. The van der Waals surface area contributed by atoms with Crippen LogP contribution in [-0.4, -0.2) is 19.1 Å². The van der Waals surface area contributed by atoms with Gasteiger partial charge in [0.25, 0.3) is 0 Å². The van der Waals surface area contributed by atoms with Gasteiger partial charge in [0.15, 0.2) is 0 Å². The fraction of sp³-hybridized carbons (Fsp3) is 0.750. The third-order valence-electron chi connectivity index (χ3n) is 2.28. The Balaban J connectivity index is 2.98. The lowest BCUT2D eigenvalue weighted by atomic mass is 10.1. The third-order valence-corrected chi connectivity index (χ3v) is 2.28. The molecule has 0 saturated carbocycles. The molecule has 2 N–H and O–H groups in total. The molecule has 0 aliphatic rings. The zero-order valence-electron chi connectivity index (χ0n) is 9.85. The molecule has 3 nitrogen and oxygen atoms in total. The number of unbranched alkanes of at least 4 members (excludes halogenated alkanes) is 5. The molecular weight excluding hydrogens is 188 g/mol. The van der Waals surface area contributed by atoms with Crippen molar-refractivity contribution in [1.29, 1.82) is 0 Å². The normalized spacial score (nSPS) is 9.93. The largest absolute Gasteiger partial charge is 0.340 e. The zero-order chi connectivity index (χ0) is 11.4. The maximum absolute atomic E-state index is 10.7. The maximum atomic E-state index is 10.7. The monoisotopic (exact) mass is 212 g/mol. The minimum absolute atomic E-state index is 0.120. The second-order valence-electron chi connectivity index (χ2n) is 3.69. The van der Waals surface area contributed by atoms with Gasteiger partial charge in [-0.25, -0.2) is 0 Å². The van der Waals surface area contributed by atoms with Gasteiger partial charge in [0.2, 0.25) is 5.91 Å². The highest BCUT2D eigenvalue weighted by molar-refractivity contribution is 5.86. The van der Waals surface area contributed by atoms with Gasteiger partial charge >= 0.3 is 0 Å². The highest BCUT2D eigenvalue weighted by Crippen LogP contribution is 2.03. The molecule has 0 unspecified atom stereocenters. The maximum Gasteiger partial charge on any atom is 0.244 e. The Labute approximate surface area is 93.3 Å². The van der Waals surface area contributed by atoms with Crippen LogP contribution in [0.15, 0.2) is 12.7 Å². The minimum atomic E-state index is -0.120. The molecule has 0 saturated heterocycles. The zero-order valence-corrected chi connectivity index (χ0v) is 9.85. The van der Waals surface area contributed by atoms with E-state index in [2.05, 4.69) is 24.1 Å². The molecule has 0 aromatic heterocycles. The van der Waals surface area contributed by atoms with E-state index in [9.17, 15) is 4.79 Å². The Morgan fingerprint density at radius 2 is 1.87 bits per heavy atom. The van der Waals surface area contributed by atoms with E-state index in [0.717, 1.165) is 6.54 Å². The molecule has 0 spiro atoms. The van der Waals surface area contributed by atoms with Gasteiger partial charge in [0.05, 0.1) is 6.67 Å². The average Bonchev–Trinajstić information content (AvgIpc) is 2.26. The van der Waals surface area contributed by atoms with Crippen LogP contribution >= 0.6 is 0 Å². The lowest BCUT2D eigenvalue weighted by Gasteiger charge is -2.05. The van der Waals surface area contributed by atoms with Crippen molar-refractivity contribution in [2.45, 2.75) is 45.4 Å². The smallest absolute Gasteiger partial charge is 0.244 e. The summed E-state index contributed by atoms with van der Waals surface area (Å²) in [6, 6.07) is 0. The summed E-state index contributed by atoms with van der Waals surface area (Å²) < 4.78 is 0. The molecule has 0 aliphatic heterocycles. The third kappa shape index (κ3) is 11.1. The Morgan fingerprint density at radius 3 is 2.53 bits per heavy atom. The first kappa shape index (κ1) is 14.2. The molecule has 0 radical (unpaired) electrons. The summed E-state index contributed by atoms with van der Waals surface area (Å²) in [5.74, 6) is -0.120. The van der Waals surface area contributed by atoms with Crippen LogP contribution in [0.2, 0.25) is 0 Å². The number of carbonyl (C=O) groups excluding carboxylic acids is 1. The van der Waals surface area contributed by atoms with Crippen molar-refractivity contribution in [3.8, 4) is 0 Å². The summed E-state index contributed by atoms with van der Waals surface area (Å²) in [6.07, 6.45) is 9.08. The summed E-state index contributed by atoms with van der Waals surface area (Å²) in [4.78, 5) is 10.7. The summed E-state index contributed by atoms with van der Waals surface area (Å²) in [7, 11) is 0. The molecule has 0 aliphatic carbocycles. The van der Waals surface area contributed by atoms with Gasteiger partial charge in [-0.15, -0.1) is 0 Å². The Morgan fingerprint density at radius 1 is 1.20 bits per heavy atom. The van der Waals surface area contributed by atoms with Crippen LogP contribution in [0.1, 0.15) is 45.4 Å². The van der Waals surface area contributed by atoms with E-state index < -0.39 is 0 Å². The van der Waals surface area contributed by atoms with Gasteiger partial charge in [-0.3, -0.25) is 10.1 Å². The molecule has 0 aromatic carbocycles. The molecule has 3 heteroatoms. The average molecular weight is 212 g/mol. The fourth-order valence-corrected chi connectivity index (χ4v) is 1.34. The number of nitrogens with one attached hydrogen (secondary N) is 2. The van der Waals surface area contributed by atoms with Gasteiger partial charge in [0, 0.05) is 0 Å². The SMILES string of the molecule is C=CC(=O)NCNCCCCCCCC. The van der Waals surface area contributed by atoms with E-state index in [1.165, 1.54) is 44.6 Å². The van der Waals surface area contributed by atoms with Crippen LogP contribution < -0.4 is 10.6 Å². The molecule has 1 amide bonds. The van der Waals surface area contributed by atoms with Crippen molar-refractivity contribution in [2.24, 2.45) is 0 Å². The summed E-state index contributed by atoms with van der Waals surface area (Å²) in [6.45, 7) is 7.12. The fourth-order valence-electron chi connectivity index (χ4n) is 1.34. The standard InChI is InChI=1S/C12H24N2O/c1-3-5-6-7-8-9-10-13-11-14-12(15)4-2/h4,13H,2-3,5-11H2,1H3,(H,14,15). The Bertz CT molecular complexity index is 169. The van der Waals surface area contributed by atoms with Crippen LogP contribution in [0.3, 0.4) is 0 Å². The van der Waals surface area contributed by atoms with Crippen LogP contribution in [-0.2, 0) is 4.79 Å². The molecule has 0 heterocycles. The van der Waals surface area contributed by atoms with Crippen LogP contribution in [0, 0.1) is 0 Å². The van der Waals surface area contributed by atoms with Gasteiger partial charge in [-0.2, -0.15) is 0 Å². The van der Waals surface area contributed by atoms with E-state index in [4.69, 9.17) is 0 Å². The van der Waals surface area contributed by atoms with Crippen LogP contribution in [0.4, 0.5) is 0 Å². The number of hydrogen-bond acceptors (Lipinski definition) is 2. The number of rotatable bonds is 10. The van der Waals surface area contributed by atoms with Gasteiger partial charge in [0.1, 0.15) is 0 Å². The second kappa shape index (κ2) is 11.2. The van der Waals surface area contributed by atoms with Crippen molar-refractivity contribution in [3.63, 3.8) is 0 Å². The number of hydrogen-bond donors (Lipinski definition) is 2. The first-order chi connectivity index (χ1) is 7.31. The van der Waals surface area contributed by atoms with E-state index in [0.29, 0.717) is 6.67 Å². The van der Waals surface area contributed by atoms with Crippen molar-refractivity contribution < 1.29 is 4.79 Å². The van der Waals surface area contributed by atoms with E-state index >= 15 is 0 Å². The van der Waals surface area contributed by atoms with E-state index in [1.54, 1.807) is 0 Å². The second-order valence-corrected chi connectivity index (χ2v) is 3.69. The van der Waals surface area contributed by atoms with Crippen molar-refractivity contribution in [2.75, 3.05) is 13.2 Å². The van der Waals surface area contributed by atoms with E-state index in [-0.39, 0.29) is 5.91 Å². The van der Waals surface area contributed by atoms with Crippen LogP contribution in [0.25, 0.3) is 0 Å². The molecular formula is C12H24N2O. The predicted octanol–water partition coefficient (Wildman–Crippen LogP) is 2.20. The van der Waals surface area contributed by atoms with Gasteiger partial charge in [-0.1, -0.05) is 45.6 Å². The van der Waals surface area contributed by atoms with Gasteiger partial charge < -0.3 is 5.32 Å². The first-order valence-corrected chi connectivity index (χ1v) is 5.92. The first-order valence-electron chi connectivity index (χ1n) is 5.92. The summed E-state index contributed by atoms with van der Waals surface area (Å²) in [5.41, 5.74) is 0.